The Morgan fingerprint density at radius 1 is 1.29 bits per heavy atom. The van der Waals surface area contributed by atoms with Crippen LogP contribution in [0.5, 0.6) is 0 Å². The SMILES string of the molecule is CC1CCC(N)C(S(=O)c2ccc(Cl)cc2)C1. The van der Waals surface area contributed by atoms with E-state index in [2.05, 4.69) is 6.92 Å². The molecule has 1 saturated carbocycles. The fraction of sp³-hybridized carbons (Fsp3) is 0.538. The first kappa shape index (κ1) is 13.1. The summed E-state index contributed by atoms with van der Waals surface area (Å²) in [4.78, 5) is 0.837. The molecule has 0 aliphatic heterocycles. The first-order valence-electron chi connectivity index (χ1n) is 5.99. The summed E-state index contributed by atoms with van der Waals surface area (Å²) in [7, 11) is -1.01. The van der Waals surface area contributed by atoms with Crippen LogP contribution in [0.4, 0.5) is 0 Å². The second-order valence-electron chi connectivity index (χ2n) is 4.87. The smallest absolute Gasteiger partial charge is 0.0576 e. The van der Waals surface area contributed by atoms with Crippen molar-refractivity contribution in [2.45, 2.75) is 42.4 Å². The predicted molar refractivity (Wildman–Crippen MR) is 72.6 cm³/mol. The molecule has 2 nitrogen and oxygen atoms in total. The van der Waals surface area contributed by atoms with E-state index >= 15 is 0 Å². The molecule has 0 radical (unpaired) electrons. The minimum Gasteiger partial charge on any atom is -0.327 e. The number of hydrogen-bond acceptors (Lipinski definition) is 2. The summed E-state index contributed by atoms with van der Waals surface area (Å²) in [6.07, 6.45) is 3.08. The van der Waals surface area contributed by atoms with Crippen LogP contribution in [0.15, 0.2) is 29.2 Å². The molecule has 0 saturated heterocycles. The van der Waals surface area contributed by atoms with Crippen LogP contribution in [-0.2, 0) is 10.8 Å². The van der Waals surface area contributed by atoms with Gasteiger partial charge in [-0.05, 0) is 49.4 Å². The van der Waals surface area contributed by atoms with E-state index in [1.54, 1.807) is 12.1 Å². The number of benzene rings is 1. The van der Waals surface area contributed by atoms with Gasteiger partial charge >= 0.3 is 0 Å². The van der Waals surface area contributed by atoms with Gasteiger partial charge in [0.25, 0.3) is 0 Å². The highest BCUT2D eigenvalue weighted by Gasteiger charge is 2.31. The van der Waals surface area contributed by atoms with Crippen LogP contribution in [-0.4, -0.2) is 15.5 Å². The lowest BCUT2D eigenvalue weighted by Gasteiger charge is -2.31. The Morgan fingerprint density at radius 2 is 1.94 bits per heavy atom. The maximum atomic E-state index is 12.5. The van der Waals surface area contributed by atoms with Gasteiger partial charge in [0.05, 0.1) is 16.0 Å². The summed E-state index contributed by atoms with van der Waals surface area (Å²) >= 11 is 5.83. The van der Waals surface area contributed by atoms with E-state index in [9.17, 15) is 4.21 Å². The van der Waals surface area contributed by atoms with E-state index in [1.807, 2.05) is 12.1 Å². The average Bonchev–Trinajstić information content (AvgIpc) is 2.32. The third-order valence-corrected chi connectivity index (χ3v) is 5.51. The van der Waals surface area contributed by atoms with E-state index in [-0.39, 0.29) is 11.3 Å². The Kier molecular flexibility index (Phi) is 4.23. The predicted octanol–water partition coefficient (Wildman–Crippen LogP) is 2.96. The Hall–Kier alpha value is -0.380. The Bertz CT molecular complexity index is 406. The van der Waals surface area contributed by atoms with Crippen LogP contribution in [0, 0.1) is 5.92 Å². The number of hydrogen-bond donors (Lipinski definition) is 1. The van der Waals surface area contributed by atoms with Crippen molar-refractivity contribution in [1.29, 1.82) is 0 Å². The molecule has 1 aromatic rings. The highest BCUT2D eigenvalue weighted by Crippen LogP contribution is 2.29. The molecule has 17 heavy (non-hydrogen) atoms. The number of rotatable bonds is 2. The molecule has 4 heteroatoms. The third-order valence-electron chi connectivity index (χ3n) is 3.43. The zero-order chi connectivity index (χ0) is 12.4. The van der Waals surface area contributed by atoms with Crippen LogP contribution in [0.25, 0.3) is 0 Å². The van der Waals surface area contributed by atoms with Gasteiger partial charge in [0.15, 0.2) is 0 Å². The maximum absolute atomic E-state index is 12.5. The van der Waals surface area contributed by atoms with Crippen LogP contribution >= 0.6 is 11.6 Å². The fourth-order valence-electron chi connectivity index (χ4n) is 2.34. The molecule has 0 bridgehead atoms. The summed E-state index contributed by atoms with van der Waals surface area (Å²) < 4.78 is 12.5. The van der Waals surface area contributed by atoms with E-state index in [4.69, 9.17) is 17.3 Å². The van der Waals surface area contributed by atoms with Gasteiger partial charge in [-0.25, -0.2) is 0 Å². The third kappa shape index (κ3) is 3.09. The van der Waals surface area contributed by atoms with Gasteiger partial charge in [0.2, 0.25) is 0 Å². The quantitative estimate of drug-likeness (QED) is 0.899. The Labute approximate surface area is 110 Å². The molecular formula is C13H18ClNOS. The Morgan fingerprint density at radius 3 is 2.59 bits per heavy atom. The highest BCUT2D eigenvalue weighted by atomic mass is 35.5. The van der Waals surface area contributed by atoms with Crippen molar-refractivity contribution in [3.63, 3.8) is 0 Å². The van der Waals surface area contributed by atoms with Crippen molar-refractivity contribution in [2.24, 2.45) is 11.7 Å². The van der Waals surface area contributed by atoms with Crippen molar-refractivity contribution in [2.75, 3.05) is 0 Å². The lowest BCUT2D eigenvalue weighted by molar-refractivity contribution is 0.353. The molecule has 1 aliphatic carbocycles. The zero-order valence-corrected chi connectivity index (χ0v) is 11.5. The monoisotopic (exact) mass is 271 g/mol. The largest absolute Gasteiger partial charge is 0.327 e. The van der Waals surface area contributed by atoms with Gasteiger partial charge < -0.3 is 5.73 Å². The van der Waals surface area contributed by atoms with Gasteiger partial charge in [-0.1, -0.05) is 18.5 Å². The van der Waals surface area contributed by atoms with Gasteiger partial charge in [0.1, 0.15) is 0 Å². The molecule has 94 valence electrons. The first-order valence-corrected chi connectivity index (χ1v) is 7.58. The molecule has 0 aromatic heterocycles. The Balaban J connectivity index is 2.15. The van der Waals surface area contributed by atoms with Crippen molar-refractivity contribution in [3.8, 4) is 0 Å². The second-order valence-corrected chi connectivity index (χ2v) is 6.98. The van der Waals surface area contributed by atoms with E-state index in [0.29, 0.717) is 10.9 Å². The van der Waals surface area contributed by atoms with Crippen molar-refractivity contribution in [3.05, 3.63) is 29.3 Å². The van der Waals surface area contributed by atoms with Crippen molar-refractivity contribution < 1.29 is 4.21 Å². The van der Waals surface area contributed by atoms with Crippen LogP contribution in [0.2, 0.25) is 5.02 Å². The number of nitrogens with two attached hydrogens (primary N) is 1. The van der Waals surface area contributed by atoms with E-state index in [1.165, 1.54) is 0 Å². The van der Waals surface area contributed by atoms with E-state index < -0.39 is 10.8 Å². The first-order chi connectivity index (χ1) is 8.08. The molecule has 4 unspecified atom stereocenters. The topological polar surface area (TPSA) is 43.1 Å². The molecule has 1 aromatic carbocycles. The lowest BCUT2D eigenvalue weighted by atomic mass is 9.87. The molecule has 4 atom stereocenters. The summed E-state index contributed by atoms with van der Waals surface area (Å²) in [5.41, 5.74) is 6.09. The van der Waals surface area contributed by atoms with Crippen LogP contribution in [0.3, 0.4) is 0 Å². The second kappa shape index (κ2) is 5.51. The fourth-order valence-corrected chi connectivity index (χ4v) is 4.18. The molecule has 1 fully saturated rings. The molecule has 2 rings (SSSR count). The molecule has 2 N–H and O–H groups in total. The van der Waals surface area contributed by atoms with Gasteiger partial charge in [0, 0.05) is 16.0 Å². The van der Waals surface area contributed by atoms with Crippen molar-refractivity contribution >= 4 is 22.4 Å². The highest BCUT2D eigenvalue weighted by molar-refractivity contribution is 7.85. The maximum Gasteiger partial charge on any atom is 0.0576 e. The molecule has 1 aliphatic rings. The lowest BCUT2D eigenvalue weighted by Crippen LogP contribution is -2.42. The zero-order valence-electron chi connectivity index (χ0n) is 9.93. The summed E-state index contributed by atoms with van der Waals surface area (Å²) in [5, 5.41) is 0.756. The summed E-state index contributed by atoms with van der Waals surface area (Å²) in [5.74, 6) is 0.621. The van der Waals surface area contributed by atoms with Crippen molar-refractivity contribution in [1.82, 2.24) is 0 Å². The summed E-state index contributed by atoms with van der Waals surface area (Å²) in [6.45, 7) is 2.21. The van der Waals surface area contributed by atoms with Crippen LogP contribution in [0.1, 0.15) is 26.2 Å². The van der Waals surface area contributed by atoms with Gasteiger partial charge in [-0.15, -0.1) is 0 Å². The molecule has 0 spiro atoms. The summed E-state index contributed by atoms with van der Waals surface area (Å²) in [6, 6.07) is 7.30. The number of halogens is 1. The minimum atomic E-state index is -1.01. The molecule has 0 amide bonds. The van der Waals surface area contributed by atoms with E-state index in [0.717, 1.165) is 24.2 Å². The standard InChI is InChI=1S/C13H18ClNOS/c1-9-2-7-12(15)13(8-9)17(16)11-5-3-10(14)4-6-11/h3-6,9,12-13H,2,7-8,15H2,1H3. The molecular weight excluding hydrogens is 254 g/mol. The van der Waals surface area contributed by atoms with Crippen LogP contribution < -0.4 is 5.73 Å². The molecule has 0 heterocycles. The minimum absolute atomic E-state index is 0.0581. The van der Waals surface area contributed by atoms with Gasteiger partial charge in [-0.3, -0.25) is 4.21 Å². The normalized spacial score (nSPS) is 31.1. The van der Waals surface area contributed by atoms with Gasteiger partial charge in [-0.2, -0.15) is 0 Å². The average molecular weight is 272 g/mol.